The van der Waals surface area contributed by atoms with Crippen molar-refractivity contribution in [1.29, 1.82) is 0 Å². The van der Waals surface area contributed by atoms with Gasteiger partial charge in [-0.15, -0.1) is 10.2 Å². The van der Waals surface area contributed by atoms with Crippen LogP contribution in [-0.2, 0) is 19.2 Å². The van der Waals surface area contributed by atoms with E-state index in [4.69, 9.17) is 47.6 Å². The molecule has 0 radical (unpaired) electrons. The molecule has 3 saturated heterocycles. The Labute approximate surface area is 260 Å². The van der Waals surface area contributed by atoms with Crippen molar-refractivity contribution in [2.24, 2.45) is 10.2 Å². The van der Waals surface area contributed by atoms with Crippen LogP contribution in [0.25, 0.3) is 0 Å². The Morgan fingerprint density at radius 2 is 0.952 bits per heavy atom. The van der Waals surface area contributed by atoms with Crippen LogP contribution in [0.4, 0.5) is 0 Å². The predicted octanol–water partition coefficient (Wildman–Crippen LogP) is 1.90. The molecule has 3 fully saturated rings. The van der Waals surface area contributed by atoms with Gasteiger partial charge in [0, 0.05) is 47.4 Å². The number of benzene rings is 2. The van der Waals surface area contributed by atoms with Gasteiger partial charge in [0.25, 0.3) is 11.8 Å². The van der Waals surface area contributed by atoms with E-state index in [0.717, 1.165) is 10.0 Å². The Bertz CT molecular complexity index is 1380. The molecule has 216 valence electrons. The fraction of sp³-hybridized carbons (Fsp3) is 0.231. The van der Waals surface area contributed by atoms with Gasteiger partial charge in [0.2, 0.25) is 22.0 Å². The van der Waals surface area contributed by atoms with Crippen LogP contribution in [0.1, 0.15) is 24.0 Å². The average Bonchev–Trinajstić information content (AvgIpc) is 2.94. The Morgan fingerprint density at radius 1 is 0.619 bits per heavy atom. The third-order valence-corrected chi connectivity index (χ3v) is 7.50. The zero-order valence-corrected chi connectivity index (χ0v) is 24.9. The molecule has 0 aromatic heterocycles. The molecule has 16 heteroatoms. The second-order valence-corrected chi connectivity index (χ2v) is 11.0. The van der Waals surface area contributed by atoms with E-state index in [2.05, 4.69) is 20.8 Å². The highest BCUT2D eigenvalue weighted by Gasteiger charge is 2.33. The van der Waals surface area contributed by atoms with Gasteiger partial charge in [-0.05, 0) is 73.0 Å². The number of nitrogens with one attached hydrogen (secondary N) is 2. The van der Waals surface area contributed by atoms with Crippen LogP contribution in [0.15, 0.2) is 58.7 Å². The fourth-order valence-corrected chi connectivity index (χ4v) is 5.18. The van der Waals surface area contributed by atoms with Crippen LogP contribution in [0, 0.1) is 0 Å². The van der Waals surface area contributed by atoms with Gasteiger partial charge in [0.1, 0.15) is 12.8 Å². The number of carbonyl (C=O) groups excluding carboxylic acids is 4. The lowest BCUT2D eigenvalue weighted by Crippen LogP contribution is -2.54. The first-order valence-electron chi connectivity index (χ1n) is 12.6. The molecule has 3 heterocycles. The van der Waals surface area contributed by atoms with E-state index in [9.17, 15) is 19.2 Å². The molecule has 2 aromatic carbocycles. The van der Waals surface area contributed by atoms with Crippen LogP contribution >= 0.6 is 47.6 Å². The number of carbonyl (C=O) groups is 4. The van der Waals surface area contributed by atoms with Crippen molar-refractivity contribution in [2.45, 2.75) is 12.8 Å². The molecule has 5 rings (SSSR count). The van der Waals surface area contributed by atoms with Gasteiger partial charge in [0.05, 0.1) is 0 Å². The van der Waals surface area contributed by atoms with E-state index >= 15 is 0 Å². The summed E-state index contributed by atoms with van der Waals surface area (Å²) in [5.41, 5.74) is 1.37. The summed E-state index contributed by atoms with van der Waals surface area (Å²) in [6.45, 7) is 1.74. The Morgan fingerprint density at radius 3 is 1.26 bits per heavy atom. The first-order chi connectivity index (χ1) is 20.1. The van der Waals surface area contributed by atoms with Gasteiger partial charge in [-0.1, -0.05) is 23.2 Å². The molecule has 0 unspecified atom stereocenters. The maximum Gasteiger partial charge on any atom is 0.258 e. The van der Waals surface area contributed by atoms with Crippen molar-refractivity contribution in [3.8, 4) is 0 Å². The largest absolute Gasteiger partial charge is 0.351 e. The molecule has 0 aliphatic carbocycles. The van der Waals surface area contributed by atoms with E-state index in [0.29, 0.717) is 59.0 Å². The van der Waals surface area contributed by atoms with E-state index in [1.54, 1.807) is 48.5 Å². The summed E-state index contributed by atoms with van der Waals surface area (Å²) in [7, 11) is 0. The van der Waals surface area contributed by atoms with E-state index in [1.807, 2.05) is 9.80 Å². The molecule has 4 amide bonds. The molecule has 42 heavy (non-hydrogen) atoms. The van der Waals surface area contributed by atoms with Gasteiger partial charge in [-0.3, -0.25) is 19.2 Å². The van der Waals surface area contributed by atoms with E-state index in [1.165, 1.54) is 0 Å². The number of rotatable bonds is 4. The zero-order chi connectivity index (χ0) is 30.0. The number of amidine groups is 2. The SMILES string of the molecule is O=C1CC(=O)N(N=C(c2ccc(Cl)cc2)N2CCN(C(=NN3C(=O)CC(=O)NC3=S)c3ccc(Cl)cc3)CC2)C(=S)N1. The van der Waals surface area contributed by atoms with E-state index < -0.39 is 23.6 Å². The van der Waals surface area contributed by atoms with Crippen LogP contribution < -0.4 is 10.6 Å². The quantitative estimate of drug-likeness (QED) is 0.223. The molecule has 0 spiro atoms. The number of hydrogen-bond donors (Lipinski definition) is 2. The average molecular weight is 646 g/mol. The third-order valence-electron chi connectivity index (χ3n) is 6.45. The molecule has 0 saturated carbocycles. The highest BCUT2D eigenvalue weighted by atomic mass is 35.5. The number of halogens is 2. The normalized spacial score (nSPS) is 18.9. The standard InChI is InChI=1S/C26H22Cl2N8O4S2/c27-17-5-1-15(2-6-17)23(31-35-21(39)13-19(37)29-25(35)41)33-9-11-34(12-10-33)24(16-3-7-18(28)8-4-16)32-36-22(40)14-20(38)30-26(36)42/h1-8H,9-14H2,(H,29,37,41)(H,30,38,42). The monoisotopic (exact) mass is 644 g/mol. The summed E-state index contributed by atoms with van der Waals surface area (Å²) in [6.07, 6.45) is -0.743. The molecular weight excluding hydrogens is 623 g/mol. The van der Waals surface area contributed by atoms with Gasteiger partial charge in [-0.25, -0.2) is 0 Å². The molecule has 2 aromatic rings. The number of hydrogen-bond acceptors (Lipinski definition) is 8. The van der Waals surface area contributed by atoms with Crippen LogP contribution in [-0.4, -0.2) is 91.5 Å². The van der Waals surface area contributed by atoms with Gasteiger partial charge < -0.3 is 20.4 Å². The summed E-state index contributed by atoms with van der Waals surface area (Å²) in [5, 5.41) is 17.0. The molecule has 0 atom stereocenters. The lowest BCUT2D eigenvalue weighted by atomic mass is 10.1. The maximum absolute atomic E-state index is 12.6. The molecular formula is C26H22Cl2N8O4S2. The van der Waals surface area contributed by atoms with Crippen molar-refractivity contribution >= 4 is 93.2 Å². The van der Waals surface area contributed by atoms with Crippen molar-refractivity contribution in [3.63, 3.8) is 0 Å². The Balaban J connectivity index is 1.44. The van der Waals surface area contributed by atoms with Crippen molar-refractivity contribution < 1.29 is 19.2 Å². The molecule has 0 bridgehead atoms. The number of piperazine rings is 1. The first-order valence-corrected chi connectivity index (χ1v) is 14.2. The number of amides is 4. The molecule has 2 N–H and O–H groups in total. The summed E-state index contributed by atoms with van der Waals surface area (Å²) < 4.78 is 0. The van der Waals surface area contributed by atoms with Crippen molar-refractivity contribution in [3.05, 3.63) is 69.7 Å². The second kappa shape index (κ2) is 12.5. The Hall–Kier alpha value is -3.98. The minimum atomic E-state index is -0.541. The lowest BCUT2D eigenvalue weighted by Gasteiger charge is -2.39. The highest BCUT2D eigenvalue weighted by molar-refractivity contribution is 7.80. The fourth-order valence-electron chi connectivity index (χ4n) is 4.41. The number of nitrogens with zero attached hydrogens (tertiary/aromatic N) is 6. The minimum absolute atomic E-state index is 0.104. The van der Waals surface area contributed by atoms with Gasteiger partial charge in [-0.2, -0.15) is 10.0 Å². The number of thiocarbonyl (C=S) groups is 2. The summed E-state index contributed by atoms with van der Waals surface area (Å²) in [5.74, 6) is -1.14. The molecule has 12 nitrogen and oxygen atoms in total. The highest BCUT2D eigenvalue weighted by Crippen LogP contribution is 2.19. The minimum Gasteiger partial charge on any atom is -0.351 e. The summed E-state index contributed by atoms with van der Waals surface area (Å²) in [6, 6.07) is 14.0. The predicted molar refractivity (Wildman–Crippen MR) is 164 cm³/mol. The first kappa shape index (κ1) is 29.5. The summed E-state index contributed by atoms with van der Waals surface area (Å²) >= 11 is 22.7. The van der Waals surface area contributed by atoms with Gasteiger partial charge in [0.15, 0.2) is 11.7 Å². The molecule has 3 aliphatic heterocycles. The topological polar surface area (TPSA) is 130 Å². The van der Waals surface area contributed by atoms with Crippen molar-refractivity contribution in [1.82, 2.24) is 30.5 Å². The second-order valence-electron chi connectivity index (χ2n) is 9.31. The lowest BCUT2D eigenvalue weighted by molar-refractivity contribution is -0.136. The third kappa shape index (κ3) is 6.57. The zero-order valence-electron chi connectivity index (χ0n) is 21.8. The van der Waals surface area contributed by atoms with Crippen molar-refractivity contribution in [2.75, 3.05) is 26.2 Å². The maximum atomic E-state index is 12.6. The summed E-state index contributed by atoms with van der Waals surface area (Å²) in [4.78, 5) is 52.7. The van der Waals surface area contributed by atoms with Crippen LogP contribution in [0.3, 0.4) is 0 Å². The molecule has 3 aliphatic rings. The number of hydrazone groups is 2. The smallest absolute Gasteiger partial charge is 0.258 e. The Kier molecular flexibility index (Phi) is 8.77. The van der Waals surface area contributed by atoms with Crippen LogP contribution in [0.2, 0.25) is 10.0 Å². The van der Waals surface area contributed by atoms with Crippen LogP contribution in [0.5, 0.6) is 0 Å². The van der Waals surface area contributed by atoms with E-state index in [-0.39, 0.29) is 23.1 Å². The van der Waals surface area contributed by atoms with Gasteiger partial charge >= 0.3 is 0 Å².